The molecule has 0 aliphatic carbocycles. The molecule has 1 N–H and O–H groups in total. The largest absolute Gasteiger partial charge is 0.372 e. The minimum Gasteiger partial charge on any atom is -0.372 e. The van der Waals surface area contributed by atoms with Gasteiger partial charge in [-0.15, -0.1) is 0 Å². The molecule has 0 saturated carbocycles. The zero-order valence-electron chi connectivity index (χ0n) is 16.6. The Morgan fingerprint density at radius 2 is 1.75 bits per heavy atom. The lowest BCUT2D eigenvalue weighted by molar-refractivity contribution is 0.0954. The van der Waals surface area contributed by atoms with E-state index in [1.807, 2.05) is 54.9 Å². The molecule has 0 bridgehead atoms. The molecular formula is C23H28N4O. The maximum absolute atomic E-state index is 12.4. The molecule has 0 spiro atoms. The smallest absolute Gasteiger partial charge is 0.251 e. The molecule has 0 aliphatic rings. The molecule has 3 aromatic rings. The number of hydrogen-bond donors (Lipinski definition) is 1. The third kappa shape index (κ3) is 5.00. The first-order chi connectivity index (χ1) is 13.7. The van der Waals surface area contributed by atoms with E-state index in [0.29, 0.717) is 18.5 Å². The number of rotatable bonds is 9. The van der Waals surface area contributed by atoms with Gasteiger partial charge in [0.15, 0.2) is 0 Å². The van der Waals surface area contributed by atoms with Crippen LogP contribution in [0.5, 0.6) is 0 Å². The van der Waals surface area contributed by atoms with Crippen molar-refractivity contribution in [2.45, 2.75) is 26.8 Å². The number of imidazole rings is 1. The van der Waals surface area contributed by atoms with Crippen molar-refractivity contribution < 1.29 is 4.79 Å². The van der Waals surface area contributed by atoms with Crippen LogP contribution in [0, 0.1) is 0 Å². The minimum absolute atomic E-state index is 0.0488. The van der Waals surface area contributed by atoms with Crippen LogP contribution in [-0.2, 0) is 13.0 Å². The van der Waals surface area contributed by atoms with Crippen molar-refractivity contribution in [3.63, 3.8) is 0 Å². The van der Waals surface area contributed by atoms with E-state index in [4.69, 9.17) is 0 Å². The van der Waals surface area contributed by atoms with Crippen molar-refractivity contribution in [1.82, 2.24) is 14.9 Å². The van der Waals surface area contributed by atoms with Gasteiger partial charge in [0.05, 0.1) is 0 Å². The van der Waals surface area contributed by atoms with Crippen molar-refractivity contribution in [2.75, 3.05) is 24.5 Å². The van der Waals surface area contributed by atoms with E-state index in [-0.39, 0.29) is 5.91 Å². The van der Waals surface area contributed by atoms with E-state index in [1.54, 1.807) is 0 Å². The molecule has 3 rings (SSSR count). The number of carbonyl (C=O) groups excluding carboxylic acids is 1. The second-order valence-corrected chi connectivity index (χ2v) is 6.68. The fraction of sp³-hybridized carbons (Fsp3) is 0.304. The predicted molar refractivity (Wildman–Crippen MR) is 114 cm³/mol. The van der Waals surface area contributed by atoms with Crippen LogP contribution in [0.4, 0.5) is 5.69 Å². The van der Waals surface area contributed by atoms with E-state index in [9.17, 15) is 4.79 Å². The van der Waals surface area contributed by atoms with Crippen molar-refractivity contribution in [3.8, 4) is 0 Å². The second kappa shape index (κ2) is 9.74. The van der Waals surface area contributed by atoms with Gasteiger partial charge in [-0.3, -0.25) is 4.79 Å². The lowest BCUT2D eigenvalue weighted by Crippen LogP contribution is -2.27. The van der Waals surface area contributed by atoms with Crippen LogP contribution in [0.3, 0.4) is 0 Å². The summed E-state index contributed by atoms with van der Waals surface area (Å²) in [6.07, 6.45) is 4.49. The first-order valence-electron chi connectivity index (χ1n) is 9.88. The number of benzene rings is 2. The predicted octanol–water partition coefficient (Wildman–Crippen LogP) is 3.75. The summed E-state index contributed by atoms with van der Waals surface area (Å²) in [6.45, 7) is 7.52. The van der Waals surface area contributed by atoms with Crippen LogP contribution in [0.2, 0.25) is 0 Å². The van der Waals surface area contributed by atoms with Gasteiger partial charge in [-0.2, -0.15) is 0 Å². The van der Waals surface area contributed by atoms with Gasteiger partial charge in [0.25, 0.3) is 5.91 Å². The van der Waals surface area contributed by atoms with Gasteiger partial charge in [0.1, 0.15) is 5.82 Å². The van der Waals surface area contributed by atoms with Gasteiger partial charge in [0, 0.05) is 56.2 Å². The molecule has 0 radical (unpaired) electrons. The van der Waals surface area contributed by atoms with Crippen molar-refractivity contribution in [3.05, 3.63) is 83.9 Å². The van der Waals surface area contributed by atoms with Crippen LogP contribution in [-0.4, -0.2) is 35.1 Å². The normalized spacial score (nSPS) is 10.6. The first kappa shape index (κ1) is 19.7. The Bertz CT molecular complexity index is 867. The molecule has 0 aliphatic heterocycles. The molecule has 0 atom stereocenters. The third-order valence-electron chi connectivity index (χ3n) is 4.89. The number of amides is 1. The third-order valence-corrected chi connectivity index (χ3v) is 4.89. The molecule has 0 fully saturated rings. The molecule has 0 unspecified atom stereocenters. The highest BCUT2D eigenvalue weighted by molar-refractivity contribution is 5.94. The monoisotopic (exact) mass is 376 g/mol. The molecule has 2 aromatic carbocycles. The van der Waals surface area contributed by atoms with E-state index < -0.39 is 0 Å². The Morgan fingerprint density at radius 3 is 2.43 bits per heavy atom. The number of anilines is 1. The highest BCUT2D eigenvalue weighted by atomic mass is 16.1. The fourth-order valence-corrected chi connectivity index (χ4v) is 3.29. The summed E-state index contributed by atoms with van der Waals surface area (Å²) in [5, 5.41) is 3.00. The van der Waals surface area contributed by atoms with Crippen molar-refractivity contribution in [2.24, 2.45) is 0 Å². The SMILES string of the molecule is CCN(CC)c1ccc(C(=O)NCCc2nccn2Cc2ccccc2)cc1. The Kier molecular flexibility index (Phi) is 6.84. The van der Waals surface area contributed by atoms with Gasteiger partial charge < -0.3 is 14.8 Å². The number of nitrogens with zero attached hydrogens (tertiary/aromatic N) is 3. The molecule has 1 heterocycles. The Morgan fingerprint density at radius 1 is 1.04 bits per heavy atom. The molecule has 0 saturated heterocycles. The fourth-order valence-electron chi connectivity index (χ4n) is 3.29. The van der Waals surface area contributed by atoms with Crippen molar-refractivity contribution in [1.29, 1.82) is 0 Å². The van der Waals surface area contributed by atoms with Crippen LogP contribution < -0.4 is 10.2 Å². The lowest BCUT2D eigenvalue weighted by Gasteiger charge is -2.21. The second-order valence-electron chi connectivity index (χ2n) is 6.68. The van der Waals surface area contributed by atoms with E-state index >= 15 is 0 Å². The van der Waals surface area contributed by atoms with E-state index in [0.717, 1.165) is 31.1 Å². The van der Waals surface area contributed by atoms with E-state index in [2.05, 4.69) is 45.7 Å². The molecule has 1 aromatic heterocycles. The van der Waals surface area contributed by atoms with Crippen molar-refractivity contribution >= 4 is 11.6 Å². The first-order valence-corrected chi connectivity index (χ1v) is 9.88. The zero-order chi connectivity index (χ0) is 19.8. The molecule has 5 nitrogen and oxygen atoms in total. The van der Waals surface area contributed by atoms with E-state index in [1.165, 1.54) is 5.56 Å². The number of hydrogen-bond acceptors (Lipinski definition) is 3. The highest BCUT2D eigenvalue weighted by Gasteiger charge is 2.08. The molecule has 146 valence electrons. The average molecular weight is 377 g/mol. The standard InChI is InChI=1S/C23H28N4O/c1-3-26(4-2)21-12-10-20(11-13-21)23(28)25-15-14-22-24-16-17-27(22)18-19-8-6-5-7-9-19/h5-13,16-17H,3-4,14-15,18H2,1-2H3,(H,25,28). The van der Waals surface area contributed by atoms with Gasteiger partial charge >= 0.3 is 0 Å². The van der Waals surface area contributed by atoms with Gasteiger partial charge in [-0.05, 0) is 43.7 Å². The number of nitrogens with one attached hydrogen (secondary N) is 1. The highest BCUT2D eigenvalue weighted by Crippen LogP contribution is 2.15. The zero-order valence-corrected chi connectivity index (χ0v) is 16.6. The minimum atomic E-state index is -0.0488. The van der Waals surface area contributed by atoms with Gasteiger partial charge in [-0.1, -0.05) is 30.3 Å². The topological polar surface area (TPSA) is 50.2 Å². The Balaban J connectivity index is 1.53. The molecule has 5 heteroatoms. The summed E-state index contributed by atoms with van der Waals surface area (Å²) in [7, 11) is 0. The van der Waals surface area contributed by atoms with Crippen LogP contribution in [0.15, 0.2) is 67.0 Å². The molecule has 28 heavy (non-hydrogen) atoms. The summed E-state index contributed by atoms with van der Waals surface area (Å²) in [4.78, 5) is 19.1. The maximum atomic E-state index is 12.4. The summed E-state index contributed by atoms with van der Waals surface area (Å²) in [6, 6.07) is 18.1. The molecule has 1 amide bonds. The molecular weight excluding hydrogens is 348 g/mol. The van der Waals surface area contributed by atoms with Crippen LogP contribution in [0.1, 0.15) is 35.6 Å². The maximum Gasteiger partial charge on any atom is 0.251 e. The number of aromatic nitrogens is 2. The summed E-state index contributed by atoms with van der Waals surface area (Å²) >= 11 is 0. The Hall–Kier alpha value is -3.08. The quantitative estimate of drug-likeness (QED) is 0.619. The lowest BCUT2D eigenvalue weighted by atomic mass is 10.1. The Labute approximate surface area is 167 Å². The van der Waals surface area contributed by atoms with Crippen LogP contribution in [0.25, 0.3) is 0 Å². The summed E-state index contributed by atoms with van der Waals surface area (Å²) in [5.41, 5.74) is 3.06. The average Bonchev–Trinajstić information content (AvgIpc) is 3.17. The summed E-state index contributed by atoms with van der Waals surface area (Å²) in [5.74, 6) is 0.924. The van der Waals surface area contributed by atoms with Gasteiger partial charge in [0.2, 0.25) is 0 Å². The van der Waals surface area contributed by atoms with Gasteiger partial charge in [-0.25, -0.2) is 4.98 Å². The van der Waals surface area contributed by atoms with Crippen LogP contribution >= 0.6 is 0 Å². The number of carbonyl (C=O) groups is 1. The summed E-state index contributed by atoms with van der Waals surface area (Å²) < 4.78 is 2.13.